The smallest absolute Gasteiger partial charge is 0.338 e. The zero-order chi connectivity index (χ0) is 22.8. The lowest BCUT2D eigenvalue weighted by Gasteiger charge is -2.20. The molecule has 6 nitrogen and oxygen atoms in total. The van der Waals surface area contributed by atoms with Crippen LogP contribution in [0.4, 0.5) is 0 Å². The minimum Gasteiger partial charge on any atom is -0.488 e. The van der Waals surface area contributed by atoms with Crippen LogP contribution < -0.4 is 10.1 Å². The minimum absolute atomic E-state index is 0.209. The molecule has 1 amide bonds. The Hall–Kier alpha value is -3.45. The van der Waals surface area contributed by atoms with Crippen molar-refractivity contribution in [2.75, 3.05) is 13.7 Å². The zero-order valence-corrected chi connectivity index (χ0v) is 18.9. The lowest BCUT2D eigenvalue weighted by atomic mass is 9.91. The molecule has 0 bridgehead atoms. The van der Waals surface area contributed by atoms with E-state index in [4.69, 9.17) is 9.47 Å². The largest absolute Gasteiger partial charge is 0.488 e. The van der Waals surface area contributed by atoms with Gasteiger partial charge in [0.05, 0.1) is 12.7 Å². The van der Waals surface area contributed by atoms with Crippen LogP contribution in [-0.4, -0.2) is 31.8 Å². The first-order valence-corrected chi connectivity index (χ1v) is 11.1. The number of aldehydes is 1. The topological polar surface area (TPSA) is 81.7 Å². The van der Waals surface area contributed by atoms with E-state index < -0.39 is 5.97 Å². The standard InChI is InChI=1S/C25H23NO5S/c1-14(2)11-26-24(28)15-4-5-18(20(8-15)25(29)30-3)19-10-22-21(9-17(19)12-27)23-16(13-31-22)6-7-32-23/h4-10,12,14H,11,13H2,1-3H3,(H,26,28). The van der Waals surface area contributed by atoms with Crippen LogP contribution in [-0.2, 0) is 11.3 Å². The predicted molar refractivity (Wildman–Crippen MR) is 123 cm³/mol. The highest BCUT2D eigenvalue weighted by molar-refractivity contribution is 7.13. The van der Waals surface area contributed by atoms with E-state index in [0.29, 0.717) is 47.1 Å². The Balaban J connectivity index is 1.82. The number of thiophene rings is 1. The summed E-state index contributed by atoms with van der Waals surface area (Å²) in [5.74, 6) is 0.0856. The number of fused-ring (bicyclic) bond motifs is 3. The summed E-state index contributed by atoms with van der Waals surface area (Å²) in [6.07, 6.45) is 0.766. The van der Waals surface area contributed by atoms with Crippen molar-refractivity contribution in [1.82, 2.24) is 5.32 Å². The second-order valence-corrected chi connectivity index (χ2v) is 8.89. The number of nitrogens with one attached hydrogen (secondary N) is 1. The summed E-state index contributed by atoms with van der Waals surface area (Å²) in [5.41, 5.74) is 3.97. The van der Waals surface area contributed by atoms with Crippen LogP contribution >= 0.6 is 11.3 Å². The second kappa shape index (κ2) is 8.96. The number of benzene rings is 2. The first-order valence-electron chi connectivity index (χ1n) is 10.3. The molecule has 1 aliphatic rings. The average Bonchev–Trinajstić information content (AvgIpc) is 3.30. The molecule has 32 heavy (non-hydrogen) atoms. The van der Waals surface area contributed by atoms with Gasteiger partial charge in [0.1, 0.15) is 12.4 Å². The molecule has 0 radical (unpaired) electrons. The van der Waals surface area contributed by atoms with Crippen molar-refractivity contribution in [2.24, 2.45) is 5.92 Å². The van der Waals surface area contributed by atoms with Gasteiger partial charge in [-0.15, -0.1) is 11.3 Å². The SMILES string of the molecule is COC(=O)c1cc(C(=O)NCC(C)C)ccc1-c1cc2c(cc1C=O)-c1sccc1CO2. The minimum atomic E-state index is -0.588. The summed E-state index contributed by atoms with van der Waals surface area (Å²) in [4.78, 5) is 38.2. The van der Waals surface area contributed by atoms with Crippen LogP contribution in [0.5, 0.6) is 5.75 Å². The fourth-order valence-corrected chi connectivity index (χ4v) is 4.60. The molecule has 4 rings (SSSR count). The third kappa shape index (κ3) is 4.03. The third-order valence-electron chi connectivity index (χ3n) is 5.30. The molecule has 2 heterocycles. The monoisotopic (exact) mass is 449 g/mol. The van der Waals surface area contributed by atoms with E-state index in [1.54, 1.807) is 35.6 Å². The number of carbonyl (C=O) groups is 3. The number of hydrogen-bond donors (Lipinski definition) is 1. The molecule has 3 aromatic rings. The number of ether oxygens (including phenoxy) is 2. The number of esters is 1. The van der Waals surface area contributed by atoms with E-state index >= 15 is 0 Å². The van der Waals surface area contributed by atoms with Crippen LogP contribution in [0.2, 0.25) is 0 Å². The number of rotatable bonds is 6. The summed E-state index contributed by atoms with van der Waals surface area (Å²) >= 11 is 1.60. The number of methoxy groups -OCH3 is 1. The Bertz CT molecular complexity index is 1210. The summed E-state index contributed by atoms with van der Waals surface area (Å²) in [7, 11) is 1.28. The van der Waals surface area contributed by atoms with Gasteiger partial charge in [0.2, 0.25) is 0 Å². The van der Waals surface area contributed by atoms with Gasteiger partial charge in [0, 0.05) is 33.7 Å². The van der Waals surface area contributed by atoms with Gasteiger partial charge in [0.25, 0.3) is 5.91 Å². The van der Waals surface area contributed by atoms with Gasteiger partial charge in [-0.2, -0.15) is 0 Å². The first-order chi connectivity index (χ1) is 15.4. The molecular formula is C25H23NO5S. The highest BCUT2D eigenvalue weighted by Gasteiger charge is 2.24. The molecule has 1 N–H and O–H groups in total. The normalized spacial score (nSPS) is 11.9. The molecular weight excluding hydrogens is 426 g/mol. The predicted octanol–water partition coefficient (Wildman–Crippen LogP) is 4.96. The van der Waals surface area contributed by atoms with Crippen molar-refractivity contribution in [2.45, 2.75) is 20.5 Å². The number of carbonyl (C=O) groups excluding carboxylic acids is 3. The Labute approximate surface area is 190 Å². The third-order valence-corrected chi connectivity index (χ3v) is 6.29. The van der Waals surface area contributed by atoms with Crippen molar-refractivity contribution in [3.8, 4) is 27.3 Å². The Morgan fingerprint density at radius 3 is 2.69 bits per heavy atom. The molecule has 1 aromatic heterocycles. The number of hydrogen-bond acceptors (Lipinski definition) is 6. The summed E-state index contributed by atoms with van der Waals surface area (Å²) in [6, 6.07) is 10.4. The van der Waals surface area contributed by atoms with E-state index in [0.717, 1.165) is 22.3 Å². The lowest BCUT2D eigenvalue weighted by molar-refractivity contribution is 0.0601. The average molecular weight is 450 g/mol. The van der Waals surface area contributed by atoms with Gasteiger partial charge in [-0.1, -0.05) is 19.9 Å². The van der Waals surface area contributed by atoms with Gasteiger partial charge in [-0.25, -0.2) is 4.79 Å². The fraction of sp³-hybridized carbons (Fsp3) is 0.240. The molecule has 0 unspecified atom stereocenters. The Morgan fingerprint density at radius 2 is 1.97 bits per heavy atom. The van der Waals surface area contributed by atoms with Crippen LogP contribution in [0.3, 0.4) is 0 Å². The zero-order valence-electron chi connectivity index (χ0n) is 18.1. The summed E-state index contributed by atoms with van der Waals surface area (Å²) < 4.78 is 10.9. The van der Waals surface area contributed by atoms with Gasteiger partial charge in [-0.05, 0) is 52.8 Å². The van der Waals surface area contributed by atoms with Crippen molar-refractivity contribution < 1.29 is 23.9 Å². The summed E-state index contributed by atoms with van der Waals surface area (Å²) in [6.45, 7) is 4.98. The van der Waals surface area contributed by atoms with E-state index in [1.807, 2.05) is 25.3 Å². The molecule has 0 spiro atoms. The maximum atomic E-state index is 12.6. The lowest BCUT2D eigenvalue weighted by Crippen LogP contribution is -2.27. The van der Waals surface area contributed by atoms with Crippen molar-refractivity contribution in [3.63, 3.8) is 0 Å². The van der Waals surface area contributed by atoms with E-state index in [1.165, 1.54) is 13.2 Å². The maximum Gasteiger partial charge on any atom is 0.338 e. The fourth-order valence-electron chi connectivity index (χ4n) is 3.66. The van der Waals surface area contributed by atoms with Crippen LogP contribution in [0.1, 0.15) is 50.5 Å². The van der Waals surface area contributed by atoms with Crippen molar-refractivity contribution in [3.05, 3.63) is 64.0 Å². The van der Waals surface area contributed by atoms with Crippen LogP contribution in [0.15, 0.2) is 41.8 Å². The molecule has 0 fully saturated rings. The number of amides is 1. The molecule has 164 valence electrons. The first kappa shape index (κ1) is 21.8. The van der Waals surface area contributed by atoms with Crippen LogP contribution in [0.25, 0.3) is 21.6 Å². The second-order valence-electron chi connectivity index (χ2n) is 7.97. The van der Waals surface area contributed by atoms with Gasteiger partial charge >= 0.3 is 5.97 Å². The van der Waals surface area contributed by atoms with Gasteiger partial charge in [-0.3, -0.25) is 9.59 Å². The Morgan fingerprint density at radius 1 is 1.16 bits per heavy atom. The summed E-state index contributed by atoms with van der Waals surface area (Å²) in [5, 5.41) is 4.84. The van der Waals surface area contributed by atoms with E-state index in [-0.39, 0.29) is 11.5 Å². The molecule has 0 aliphatic carbocycles. The Kier molecular flexibility index (Phi) is 6.10. The van der Waals surface area contributed by atoms with Crippen LogP contribution in [0, 0.1) is 5.92 Å². The molecule has 7 heteroatoms. The molecule has 0 saturated heterocycles. The maximum absolute atomic E-state index is 12.6. The molecule has 1 aliphatic heterocycles. The highest BCUT2D eigenvalue weighted by Crippen LogP contribution is 2.44. The molecule has 0 saturated carbocycles. The van der Waals surface area contributed by atoms with Gasteiger partial charge < -0.3 is 14.8 Å². The van der Waals surface area contributed by atoms with E-state index in [9.17, 15) is 14.4 Å². The molecule has 2 aromatic carbocycles. The van der Waals surface area contributed by atoms with Crippen molar-refractivity contribution >= 4 is 29.5 Å². The van der Waals surface area contributed by atoms with Gasteiger partial charge in [0.15, 0.2) is 6.29 Å². The van der Waals surface area contributed by atoms with E-state index in [2.05, 4.69) is 5.32 Å². The molecule has 0 atom stereocenters. The van der Waals surface area contributed by atoms with Crippen molar-refractivity contribution in [1.29, 1.82) is 0 Å². The quantitative estimate of drug-likeness (QED) is 0.425. The highest BCUT2D eigenvalue weighted by atomic mass is 32.1.